The van der Waals surface area contributed by atoms with E-state index in [1.807, 2.05) is 43.7 Å². The summed E-state index contributed by atoms with van der Waals surface area (Å²) in [6.07, 6.45) is 2.29. The number of nitrogens with zero attached hydrogens (tertiary/aromatic N) is 3. The molecule has 1 N–H and O–H groups in total. The first-order chi connectivity index (χ1) is 9.32. The molecule has 1 saturated heterocycles. The van der Waals surface area contributed by atoms with Gasteiger partial charge >= 0.3 is 5.97 Å². The van der Waals surface area contributed by atoms with Gasteiger partial charge in [-0.3, -0.25) is 4.79 Å². The van der Waals surface area contributed by atoms with Crippen LogP contribution < -0.4 is 0 Å². The van der Waals surface area contributed by atoms with Gasteiger partial charge in [0.2, 0.25) is 0 Å². The molecule has 1 fully saturated rings. The number of aryl methyl sites for hydroxylation is 1. The molecule has 1 aromatic heterocycles. The Morgan fingerprint density at radius 3 is 2.50 bits per heavy atom. The number of likely N-dealkylation sites (tertiary alicyclic amines) is 1. The zero-order chi connectivity index (χ0) is 15.0. The number of hydrogen-bond acceptors (Lipinski definition) is 3. The fraction of sp³-hybridized carbons (Fsp3) is 0.571. The van der Waals surface area contributed by atoms with Gasteiger partial charge in [0.1, 0.15) is 6.04 Å². The average molecular weight is 279 g/mol. The molecule has 0 saturated carbocycles. The van der Waals surface area contributed by atoms with Crippen molar-refractivity contribution in [2.45, 2.75) is 25.4 Å². The van der Waals surface area contributed by atoms with Crippen LogP contribution >= 0.6 is 0 Å². The standard InChI is InChI=1S/C14H21N3O3/c1-9-11(5-6-16(9)4)13(18)17-8-10(15(2)3)7-12(17)14(19)20/h5-6,10,12H,7-8H2,1-4H3,(H,19,20)/t10-,12+/m1/s1. The summed E-state index contributed by atoms with van der Waals surface area (Å²) in [5, 5.41) is 9.34. The van der Waals surface area contributed by atoms with Gasteiger partial charge in [-0.1, -0.05) is 0 Å². The van der Waals surface area contributed by atoms with E-state index in [2.05, 4.69) is 0 Å². The molecule has 2 atom stereocenters. The third kappa shape index (κ3) is 2.43. The number of hydrogen-bond donors (Lipinski definition) is 1. The van der Waals surface area contributed by atoms with E-state index in [0.29, 0.717) is 18.5 Å². The predicted octanol–water partition coefficient (Wildman–Crippen LogP) is 0.563. The molecule has 0 radical (unpaired) electrons. The molecule has 20 heavy (non-hydrogen) atoms. The number of rotatable bonds is 3. The summed E-state index contributed by atoms with van der Waals surface area (Å²) >= 11 is 0. The third-order valence-electron chi connectivity index (χ3n) is 4.17. The quantitative estimate of drug-likeness (QED) is 0.878. The maximum atomic E-state index is 12.6. The van der Waals surface area contributed by atoms with E-state index < -0.39 is 12.0 Å². The number of carbonyl (C=O) groups excluding carboxylic acids is 1. The van der Waals surface area contributed by atoms with Gasteiger partial charge in [0, 0.05) is 31.5 Å². The minimum atomic E-state index is -0.934. The van der Waals surface area contributed by atoms with Gasteiger partial charge in [0.05, 0.1) is 5.56 Å². The lowest BCUT2D eigenvalue weighted by Crippen LogP contribution is -2.41. The molecule has 2 rings (SSSR count). The molecule has 1 aliphatic rings. The van der Waals surface area contributed by atoms with Crippen LogP contribution in [-0.4, -0.2) is 64.1 Å². The topological polar surface area (TPSA) is 65.8 Å². The lowest BCUT2D eigenvalue weighted by atomic mass is 10.1. The van der Waals surface area contributed by atoms with Crippen LogP contribution in [0.1, 0.15) is 22.5 Å². The van der Waals surface area contributed by atoms with Crippen LogP contribution in [0, 0.1) is 6.92 Å². The molecule has 110 valence electrons. The molecule has 1 aromatic rings. The largest absolute Gasteiger partial charge is 0.480 e. The zero-order valence-electron chi connectivity index (χ0n) is 12.3. The Morgan fingerprint density at radius 2 is 2.05 bits per heavy atom. The third-order valence-corrected chi connectivity index (χ3v) is 4.17. The minimum Gasteiger partial charge on any atom is -0.480 e. The van der Waals surface area contributed by atoms with Crippen molar-refractivity contribution in [3.63, 3.8) is 0 Å². The molecule has 2 heterocycles. The molecule has 0 unspecified atom stereocenters. The lowest BCUT2D eigenvalue weighted by molar-refractivity contribution is -0.141. The molecule has 1 aliphatic heterocycles. The Labute approximate surface area is 118 Å². The van der Waals surface area contributed by atoms with Crippen LogP contribution in [0.15, 0.2) is 12.3 Å². The van der Waals surface area contributed by atoms with Crippen LogP contribution in [0.3, 0.4) is 0 Å². The highest BCUT2D eigenvalue weighted by molar-refractivity contribution is 5.98. The number of likely N-dealkylation sites (N-methyl/N-ethyl adjacent to an activating group) is 1. The zero-order valence-corrected chi connectivity index (χ0v) is 12.3. The number of amides is 1. The van der Waals surface area contributed by atoms with E-state index in [1.165, 1.54) is 4.90 Å². The lowest BCUT2D eigenvalue weighted by Gasteiger charge is -2.22. The highest BCUT2D eigenvalue weighted by Crippen LogP contribution is 2.24. The first-order valence-electron chi connectivity index (χ1n) is 6.65. The van der Waals surface area contributed by atoms with Crippen molar-refractivity contribution in [3.05, 3.63) is 23.5 Å². The van der Waals surface area contributed by atoms with Gasteiger partial charge in [-0.05, 0) is 33.5 Å². The average Bonchev–Trinajstić information content (AvgIpc) is 2.95. The van der Waals surface area contributed by atoms with Gasteiger partial charge in [0.25, 0.3) is 5.91 Å². The van der Waals surface area contributed by atoms with Crippen molar-refractivity contribution in [2.24, 2.45) is 7.05 Å². The highest BCUT2D eigenvalue weighted by Gasteiger charge is 2.41. The van der Waals surface area contributed by atoms with Crippen molar-refractivity contribution in [1.29, 1.82) is 0 Å². The summed E-state index contributed by atoms with van der Waals surface area (Å²) in [4.78, 5) is 27.4. The maximum absolute atomic E-state index is 12.6. The molecular formula is C14H21N3O3. The van der Waals surface area contributed by atoms with Gasteiger partial charge in [-0.15, -0.1) is 0 Å². The first-order valence-corrected chi connectivity index (χ1v) is 6.65. The van der Waals surface area contributed by atoms with Gasteiger partial charge < -0.3 is 19.5 Å². The Morgan fingerprint density at radius 1 is 1.40 bits per heavy atom. The van der Waals surface area contributed by atoms with Gasteiger partial charge in [0.15, 0.2) is 0 Å². The Hall–Kier alpha value is -1.82. The molecule has 0 bridgehead atoms. The summed E-state index contributed by atoms with van der Waals surface area (Å²) in [7, 11) is 5.68. The van der Waals surface area contributed by atoms with Crippen LogP contribution in [0.4, 0.5) is 0 Å². The summed E-state index contributed by atoms with van der Waals surface area (Å²) in [5.41, 5.74) is 1.44. The van der Waals surface area contributed by atoms with Gasteiger partial charge in [-0.25, -0.2) is 4.79 Å². The fourth-order valence-corrected chi connectivity index (χ4v) is 2.64. The second kappa shape index (κ2) is 5.28. The number of carboxylic acid groups (broad SMARTS) is 1. The Kier molecular flexibility index (Phi) is 3.85. The minimum absolute atomic E-state index is 0.0871. The number of aliphatic carboxylic acids is 1. The summed E-state index contributed by atoms with van der Waals surface area (Å²) in [5.74, 6) is -1.13. The predicted molar refractivity (Wildman–Crippen MR) is 74.7 cm³/mol. The van der Waals surface area contributed by atoms with E-state index in [9.17, 15) is 14.7 Å². The second-order valence-corrected chi connectivity index (χ2v) is 5.59. The van der Waals surface area contributed by atoms with Gasteiger partial charge in [-0.2, -0.15) is 0 Å². The van der Waals surface area contributed by atoms with E-state index in [1.54, 1.807) is 6.07 Å². The maximum Gasteiger partial charge on any atom is 0.326 e. The highest BCUT2D eigenvalue weighted by atomic mass is 16.4. The Bertz CT molecular complexity index is 536. The number of carbonyl (C=O) groups is 2. The van der Waals surface area contributed by atoms with Crippen molar-refractivity contribution in [1.82, 2.24) is 14.4 Å². The monoisotopic (exact) mass is 279 g/mol. The van der Waals surface area contributed by atoms with E-state index in [-0.39, 0.29) is 11.9 Å². The molecule has 6 nitrogen and oxygen atoms in total. The fourth-order valence-electron chi connectivity index (χ4n) is 2.64. The molecule has 0 aliphatic carbocycles. The second-order valence-electron chi connectivity index (χ2n) is 5.59. The summed E-state index contributed by atoms with van der Waals surface area (Å²) in [6.45, 7) is 2.32. The Balaban J connectivity index is 2.27. The van der Waals surface area contributed by atoms with Crippen molar-refractivity contribution >= 4 is 11.9 Å². The van der Waals surface area contributed by atoms with Crippen LogP contribution in [0.2, 0.25) is 0 Å². The normalized spacial score (nSPS) is 22.6. The first kappa shape index (κ1) is 14.6. The summed E-state index contributed by atoms with van der Waals surface area (Å²) in [6, 6.07) is 1.10. The summed E-state index contributed by atoms with van der Waals surface area (Å²) < 4.78 is 1.86. The van der Waals surface area contributed by atoms with Crippen molar-refractivity contribution in [2.75, 3.05) is 20.6 Å². The molecule has 0 spiro atoms. The molecule has 1 amide bonds. The van der Waals surface area contributed by atoms with E-state index >= 15 is 0 Å². The van der Waals surface area contributed by atoms with E-state index in [0.717, 1.165) is 5.69 Å². The van der Waals surface area contributed by atoms with Crippen LogP contribution in [-0.2, 0) is 11.8 Å². The van der Waals surface area contributed by atoms with Crippen molar-refractivity contribution < 1.29 is 14.7 Å². The van der Waals surface area contributed by atoms with Crippen LogP contribution in [0.25, 0.3) is 0 Å². The van der Waals surface area contributed by atoms with E-state index in [4.69, 9.17) is 0 Å². The van der Waals surface area contributed by atoms with Crippen molar-refractivity contribution in [3.8, 4) is 0 Å². The number of carboxylic acids is 1. The molecule has 6 heteroatoms. The van der Waals surface area contributed by atoms with Crippen LogP contribution in [0.5, 0.6) is 0 Å². The molecular weight excluding hydrogens is 258 g/mol. The molecule has 0 aromatic carbocycles. The smallest absolute Gasteiger partial charge is 0.326 e. The SMILES string of the molecule is Cc1c(C(=O)N2C[C@H](N(C)C)C[C@H]2C(=O)O)ccn1C. The number of aromatic nitrogens is 1.